The van der Waals surface area contributed by atoms with Crippen LogP contribution in [0.4, 0.5) is 5.69 Å². The first kappa shape index (κ1) is 19.1. The lowest BCUT2D eigenvalue weighted by Crippen LogP contribution is -2.22. The van der Waals surface area contributed by atoms with Gasteiger partial charge in [0.05, 0.1) is 5.56 Å². The number of thioether (sulfide) groups is 1. The van der Waals surface area contributed by atoms with Crippen molar-refractivity contribution in [3.05, 3.63) is 75.6 Å². The van der Waals surface area contributed by atoms with Crippen LogP contribution < -0.4 is 10.9 Å². The first-order valence-electron chi connectivity index (χ1n) is 9.10. The zero-order chi connectivity index (χ0) is 20.5. The molecule has 1 unspecified atom stereocenters. The quantitative estimate of drug-likeness (QED) is 0.665. The highest BCUT2D eigenvalue weighted by Crippen LogP contribution is 2.29. The van der Waals surface area contributed by atoms with Gasteiger partial charge in [-0.05, 0) is 43.2 Å². The third-order valence-corrected chi connectivity index (χ3v) is 5.84. The number of nitrogens with one attached hydrogen (secondary N) is 1. The molecule has 0 radical (unpaired) electrons. The van der Waals surface area contributed by atoms with Crippen LogP contribution in [0.15, 0.2) is 62.7 Å². The Kier molecular flexibility index (Phi) is 5.07. The predicted molar refractivity (Wildman–Crippen MR) is 115 cm³/mol. The summed E-state index contributed by atoms with van der Waals surface area (Å²) < 4.78 is 5.32. The van der Waals surface area contributed by atoms with Crippen LogP contribution in [-0.4, -0.2) is 22.1 Å². The van der Waals surface area contributed by atoms with Gasteiger partial charge in [-0.2, -0.15) is 0 Å². The number of hydrogen-bond donors (Lipinski definition) is 1. The van der Waals surface area contributed by atoms with E-state index in [1.807, 2.05) is 44.2 Å². The minimum absolute atomic E-state index is 0.0250. The molecule has 0 saturated heterocycles. The highest BCUT2D eigenvalue weighted by atomic mass is 32.2. The van der Waals surface area contributed by atoms with E-state index in [-0.39, 0.29) is 17.9 Å². The molecule has 29 heavy (non-hydrogen) atoms. The number of hydrogen-bond acceptors (Lipinski definition) is 5. The van der Waals surface area contributed by atoms with Gasteiger partial charge in [0.15, 0.2) is 0 Å². The number of para-hydroxylation sites is 1. The lowest BCUT2D eigenvalue weighted by atomic mass is 10.1. The molecule has 3 aromatic rings. The average Bonchev–Trinajstić information content (AvgIpc) is 3.04. The van der Waals surface area contributed by atoms with E-state index in [2.05, 4.69) is 10.3 Å². The first-order chi connectivity index (χ1) is 13.9. The van der Waals surface area contributed by atoms with Crippen LogP contribution in [0.3, 0.4) is 0 Å². The van der Waals surface area contributed by atoms with Gasteiger partial charge in [-0.25, -0.2) is 9.79 Å². The highest BCUT2D eigenvalue weighted by Gasteiger charge is 2.32. The van der Waals surface area contributed by atoms with Crippen molar-refractivity contribution in [1.29, 1.82) is 0 Å². The van der Waals surface area contributed by atoms with Gasteiger partial charge < -0.3 is 9.73 Å². The summed E-state index contributed by atoms with van der Waals surface area (Å²) in [4.78, 5) is 41.1. The van der Waals surface area contributed by atoms with Crippen molar-refractivity contribution in [3.8, 4) is 0 Å². The van der Waals surface area contributed by atoms with E-state index in [1.54, 1.807) is 18.2 Å². The second kappa shape index (κ2) is 7.67. The van der Waals surface area contributed by atoms with Crippen molar-refractivity contribution in [2.45, 2.75) is 25.5 Å². The molecule has 1 aromatic heterocycles. The Morgan fingerprint density at radius 1 is 1.14 bits per heavy atom. The molecular weight excluding hydrogens is 388 g/mol. The molecule has 2 aromatic carbocycles. The summed E-state index contributed by atoms with van der Waals surface area (Å²) in [7, 11) is 0. The Labute approximate surface area is 171 Å². The molecule has 1 aliphatic heterocycles. The molecule has 0 saturated carbocycles. The minimum Gasteiger partial charge on any atom is -0.422 e. The van der Waals surface area contributed by atoms with E-state index >= 15 is 0 Å². The summed E-state index contributed by atoms with van der Waals surface area (Å²) in [6.07, 6.45) is -0.0250. The van der Waals surface area contributed by atoms with E-state index < -0.39 is 16.8 Å². The molecule has 146 valence electrons. The maximum atomic E-state index is 12.5. The molecule has 1 N–H and O–H groups in total. The largest absolute Gasteiger partial charge is 0.422 e. The van der Waals surface area contributed by atoms with Crippen LogP contribution in [0.5, 0.6) is 0 Å². The molecule has 2 heterocycles. The normalized spacial score (nSPS) is 16.1. The maximum Gasteiger partial charge on any atom is 0.346 e. The number of carbonyl (C=O) groups is 2. The number of nitrogens with zero attached hydrogens (tertiary/aromatic N) is 1. The van der Waals surface area contributed by atoms with Gasteiger partial charge in [0, 0.05) is 17.5 Å². The van der Waals surface area contributed by atoms with Crippen molar-refractivity contribution in [2.24, 2.45) is 4.99 Å². The standard InChI is InChI=1S/C22H18N2O4S/c1-12-7-8-13(2)16(9-12)23-19(25)11-18-20(26)24-21(29-18)15-10-14-5-3-4-6-17(14)28-22(15)27/h3-10,18H,11H2,1-2H3,(H,23,25). The molecule has 1 aliphatic rings. The van der Waals surface area contributed by atoms with Gasteiger partial charge in [0.25, 0.3) is 5.91 Å². The summed E-state index contributed by atoms with van der Waals surface area (Å²) in [5.41, 5.74) is 2.86. The second-order valence-electron chi connectivity index (χ2n) is 6.92. The zero-order valence-electron chi connectivity index (χ0n) is 15.9. The summed E-state index contributed by atoms with van der Waals surface area (Å²) in [6.45, 7) is 3.85. The van der Waals surface area contributed by atoms with Crippen LogP contribution in [0.2, 0.25) is 0 Å². The van der Waals surface area contributed by atoms with Crippen molar-refractivity contribution >= 4 is 45.3 Å². The average molecular weight is 406 g/mol. The molecule has 0 fully saturated rings. The fourth-order valence-electron chi connectivity index (χ4n) is 3.09. The van der Waals surface area contributed by atoms with Gasteiger partial charge in [0.2, 0.25) is 5.91 Å². The minimum atomic E-state index is -0.666. The van der Waals surface area contributed by atoms with Crippen molar-refractivity contribution in [1.82, 2.24) is 0 Å². The summed E-state index contributed by atoms with van der Waals surface area (Å²) in [6, 6.07) is 14.6. The van der Waals surface area contributed by atoms with E-state index in [0.717, 1.165) is 34.0 Å². The Hall–Kier alpha value is -3.19. The number of rotatable bonds is 4. The van der Waals surface area contributed by atoms with Crippen LogP contribution >= 0.6 is 11.8 Å². The van der Waals surface area contributed by atoms with E-state index in [9.17, 15) is 14.4 Å². The number of benzene rings is 2. The summed E-state index contributed by atoms with van der Waals surface area (Å²) in [5.74, 6) is -0.694. The Bertz CT molecular complexity index is 1230. The lowest BCUT2D eigenvalue weighted by molar-refractivity contribution is -0.121. The van der Waals surface area contributed by atoms with Crippen LogP contribution in [0.1, 0.15) is 23.1 Å². The maximum absolute atomic E-state index is 12.5. The monoisotopic (exact) mass is 406 g/mol. The van der Waals surface area contributed by atoms with E-state index in [1.165, 1.54) is 0 Å². The van der Waals surface area contributed by atoms with Gasteiger partial charge in [-0.1, -0.05) is 42.1 Å². The second-order valence-corrected chi connectivity index (χ2v) is 8.11. The summed E-state index contributed by atoms with van der Waals surface area (Å²) >= 11 is 1.12. The smallest absolute Gasteiger partial charge is 0.346 e. The third-order valence-electron chi connectivity index (χ3n) is 4.65. The summed E-state index contributed by atoms with van der Waals surface area (Å²) in [5, 5.41) is 3.22. The number of amides is 2. The number of carbonyl (C=O) groups excluding carboxylic acids is 2. The van der Waals surface area contributed by atoms with Gasteiger partial charge in [0.1, 0.15) is 15.9 Å². The van der Waals surface area contributed by atoms with Crippen molar-refractivity contribution in [2.75, 3.05) is 5.32 Å². The number of anilines is 1. The molecule has 1 atom stereocenters. The predicted octanol–water partition coefficient (Wildman–Crippen LogP) is 3.83. The molecule has 2 amide bonds. The SMILES string of the molecule is Cc1ccc(C)c(NC(=O)CC2SC(c3cc4ccccc4oc3=O)=NC2=O)c1. The molecule has 0 spiro atoms. The van der Waals surface area contributed by atoms with Gasteiger partial charge in [-0.15, -0.1) is 0 Å². The molecule has 0 bridgehead atoms. The molecule has 7 heteroatoms. The Morgan fingerprint density at radius 2 is 1.93 bits per heavy atom. The van der Waals surface area contributed by atoms with E-state index in [0.29, 0.717) is 10.6 Å². The van der Waals surface area contributed by atoms with Gasteiger partial charge in [-0.3, -0.25) is 9.59 Å². The first-order valence-corrected chi connectivity index (χ1v) is 9.98. The van der Waals surface area contributed by atoms with Crippen molar-refractivity contribution in [3.63, 3.8) is 0 Å². The lowest BCUT2D eigenvalue weighted by Gasteiger charge is -2.11. The third kappa shape index (κ3) is 4.00. The van der Waals surface area contributed by atoms with E-state index in [4.69, 9.17) is 4.42 Å². The topological polar surface area (TPSA) is 88.7 Å². The molecule has 4 rings (SSSR count). The van der Waals surface area contributed by atoms with Crippen LogP contribution in [0.25, 0.3) is 11.0 Å². The molecule has 0 aliphatic carbocycles. The molecular formula is C22H18N2O4S. The number of aliphatic imine (C=N–C) groups is 1. The van der Waals surface area contributed by atoms with Crippen LogP contribution in [0, 0.1) is 13.8 Å². The molecule has 6 nitrogen and oxygen atoms in total. The fraction of sp³-hybridized carbons (Fsp3) is 0.182. The Morgan fingerprint density at radius 3 is 2.76 bits per heavy atom. The zero-order valence-corrected chi connectivity index (χ0v) is 16.7. The fourth-order valence-corrected chi connectivity index (χ4v) is 4.16. The number of aryl methyl sites for hydroxylation is 2. The van der Waals surface area contributed by atoms with Gasteiger partial charge >= 0.3 is 5.63 Å². The van der Waals surface area contributed by atoms with Crippen molar-refractivity contribution < 1.29 is 14.0 Å². The Balaban J connectivity index is 1.50. The highest BCUT2D eigenvalue weighted by molar-refractivity contribution is 8.16. The van der Waals surface area contributed by atoms with Crippen LogP contribution in [-0.2, 0) is 9.59 Å². The number of fused-ring (bicyclic) bond motifs is 1.